The zero-order valence-corrected chi connectivity index (χ0v) is 18.3. The van der Waals surface area contributed by atoms with E-state index in [1.165, 1.54) is 0 Å². The lowest BCUT2D eigenvalue weighted by molar-refractivity contribution is -0.159. The summed E-state index contributed by atoms with van der Waals surface area (Å²) in [6.07, 6.45) is 2.97. The normalized spacial score (nSPS) is 23.6. The lowest BCUT2D eigenvalue weighted by atomic mass is 9.85. The van der Waals surface area contributed by atoms with Gasteiger partial charge in [-0.05, 0) is 36.3 Å². The van der Waals surface area contributed by atoms with E-state index in [9.17, 15) is 4.79 Å². The molecule has 0 aromatic heterocycles. The Labute approximate surface area is 189 Å². The van der Waals surface area contributed by atoms with Crippen molar-refractivity contribution in [1.29, 1.82) is 0 Å². The molecule has 2 atom stereocenters. The maximum Gasteiger partial charge on any atom is 0.238 e. The number of carbonyl (C=O) groups is 1. The summed E-state index contributed by atoms with van der Waals surface area (Å²) in [6, 6.07) is 24.4. The third-order valence-corrected chi connectivity index (χ3v) is 6.72. The molecular formula is C27H30N2O3. The van der Waals surface area contributed by atoms with Crippen LogP contribution in [-0.2, 0) is 20.9 Å². The highest BCUT2D eigenvalue weighted by molar-refractivity contribution is 6.02. The Hall–Kier alpha value is -2.73. The van der Waals surface area contributed by atoms with E-state index < -0.39 is 0 Å². The maximum absolute atomic E-state index is 12.9. The van der Waals surface area contributed by atoms with Crippen LogP contribution in [0, 0.1) is 0 Å². The van der Waals surface area contributed by atoms with Crippen LogP contribution < -0.4 is 5.32 Å². The molecule has 0 unspecified atom stereocenters. The van der Waals surface area contributed by atoms with E-state index in [1.54, 1.807) is 0 Å². The van der Waals surface area contributed by atoms with Gasteiger partial charge in [-0.3, -0.25) is 9.69 Å². The topological polar surface area (TPSA) is 50.8 Å². The summed E-state index contributed by atoms with van der Waals surface area (Å²) in [5, 5.41) is 5.30. The molecule has 0 aliphatic carbocycles. The van der Waals surface area contributed by atoms with E-state index in [0.717, 1.165) is 54.4 Å². The Morgan fingerprint density at radius 1 is 1.03 bits per heavy atom. The third-order valence-electron chi connectivity index (χ3n) is 6.72. The molecule has 2 fully saturated rings. The molecule has 0 saturated carbocycles. The molecule has 2 aliphatic heterocycles. The van der Waals surface area contributed by atoms with Crippen molar-refractivity contribution in [3.63, 3.8) is 0 Å². The number of amides is 1. The summed E-state index contributed by atoms with van der Waals surface area (Å²) in [6.45, 7) is 3.26. The Balaban J connectivity index is 1.24. The predicted molar refractivity (Wildman–Crippen MR) is 127 cm³/mol. The molecule has 1 spiro atoms. The molecule has 1 N–H and O–H groups in total. The Bertz CT molecular complexity index is 1060. The fourth-order valence-electron chi connectivity index (χ4n) is 5.02. The first-order valence-electron chi connectivity index (χ1n) is 11.5. The molecule has 3 aromatic rings. The Morgan fingerprint density at radius 2 is 1.84 bits per heavy atom. The third kappa shape index (κ3) is 4.56. The summed E-state index contributed by atoms with van der Waals surface area (Å²) in [7, 11) is 0. The second kappa shape index (κ2) is 9.41. The van der Waals surface area contributed by atoms with E-state index in [2.05, 4.69) is 34.5 Å². The smallest absolute Gasteiger partial charge is 0.238 e. The first-order chi connectivity index (χ1) is 15.7. The lowest BCUT2D eigenvalue weighted by Crippen LogP contribution is -2.57. The number of benzene rings is 3. The standard InChI is InChI=1S/C27H30N2O3/c30-26(28-24-13-6-11-22-10-4-5-12-23(22)24)19-29-16-15-27(14-7-17-32-27)25(18-29)31-20-21-8-2-1-3-9-21/h1-6,8-13,25H,7,14-20H2,(H,28,30)/t25-,27-/m0/s1. The number of hydrogen-bond donors (Lipinski definition) is 1. The summed E-state index contributed by atoms with van der Waals surface area (Å²) in [5.74, 6) is 0.00597. The van der Waals surface area contributed by atoms with Crippen LogP contribution in [0.4, 0.5) is 5.69 Å². The van der Waals surface area contributed by atoms with Gasteiger partial charge in [-0.2, -0.15) is 0 Å². The molecule has 5 heteroatoms. The molecular weight excluding hydrogens is 400 g/mol. The molecule has 0 bridgehead atoms. The quantitative estimate of drug-likeness (QED) is 0.620. The van der Waals surface area contributed by atoms with Crippen LogP contribution in [-0.4, -0.2) is 48.8 Å². The van der Waals surface area contributed by atoms with Gasteiger partial charge in [-0.25, -0.2) is 0 Å². The average molecular weight is 431 g/mol. The van der Waals surface area contributed by atoms with Crippen molar-refractivity contribution in [2.45, 2.75) is 37.6 Å². The number of anilines is 1. The molecule has 5 nitrogen and oxygen atoms in total. The number of nitrogens with zero attached hydrogens (tertiary/aromatic N) is 1. The van der Waals surface area contributed by atoms with Crippen molar-refractivity contribution >= 4 is 22.4 Å². The molecule has 32 heavy (non-hydrogen) atoms. The molecule has 2 aliphatic rings. The molecule has 3 aromatic carbocycles. The minimum Gasteiger partial charge on any atom is -0.372 e. The number of nitrogens with one attached hydrogen (secondary N) is 1. The number of rotatable bonds is 6. The number of piperidine rings is 1. The largest absolute Gasteiger partial charge is 0.372 e. The van der Waals surface area contributed by atoms with Crippen molar-refractivity contribution in [2.75, 3.05) is 31.6 Å². The molecule has 5 rings (SSSR count). The summed E-state index contributed by atoms with van der Waals surface area (Å²) < 4.78 is 12.6. The van der Waals surface area contributed by atoms with Gasteiger partial charge in [0, 0.05) is 30.8 Å². The average Bonchev–Trinajstić information content (AvgIpc) is 3.30. The number of carbonyl (C=O) groups excluding carboxylic acids is 1. The first kappa shape index (κ1) is 21.1. The Kier molecular flexibility index (Phi) is 6.21. The second-order valence-electron chi connectivity index (χ2n) is 8.86. The fourth-order valence-corrected chi connectivity index (χ4v) is 5.02. The van der Waals surface area contributed by atoms with E-state index in [4.69, 9.17) is 9.47 Å². The van der Waals surface area contributed by atoms with Crippen molar-refractivity contribution in [3.05, 3.63) is 78.4 Å². The molecule has 2 saturated heterocycles. The highest BCUT2D eigenvalue weighted by atomic mass is 16.6. The predicted octanol–water partition coefficient (Wildman–Crippen LogP) is 4.62. The van der Waals surface area contributed by atoms with Crippen molar-refractivity contribution in [1.82, 2.24) is 4.90 Å². The summed E-state index contributed by atoms with van der Waals surface area (Å²) in [5.41, 5.74) is 1.81. The van der Waals surface area contributed by atoms with Gasteiger partial charge in [0.15, 0.2) is 0 Å². The minimum absolute atomic E-state index is 0.00597. The van der Waals surface area contributed by atoms with Gasteiger partial charge in [-0.1, -0.05) is 66.7 Å². The van der Waals surface area contributed by atoms with Crippen LogP contribution in [0.3, 0.4) is 0 Å². The second-order valence-corrected chi connectivity index (χ2v) is 8.86. The van der Waals surface area contributed by atoms with E-state index >= 15 is 0 Å². The van der Waals surface area contributed by atoms with Crippen LogP contribution in [0.2, 0.25) is 0 Å². The van der Waals surface area contributed by atoms with Gasteiger partial charge in [0.2, 0.25) is 5.91 Å². The number of fused-ring (bicyclic) bond motifs is 1. The van der Waals surface area contributed by atoms with Gasteiger partial charge >= 0.3 is 0 Å². The van der Waals surface area contributed by atoms with E-state index in [1.807, 2.05) is 48.5 Å². The number of likely N-dealkylation sites (tertiary alicyclic amines) is 1. The minimum atomic E-state index is -0.211. The zero-order valence-electron chi connectivity index (χ0n) is 18.3. The maximum atomic E-state index is 12.9. The van der Waals surface area contributed by atoms with Crippen LogP contribution in [0.1, 0.15) is 24.8 Å². The first-order valence-corrected chi connectivity index (χ1v) is 11.5. The van der Waals surface area contributed by atoms with Crippen molar-refractivity contribution < 1.29 is 14.3 Å². The van der Waals surface area contributed by atoms with E-state index in [-0.39, 0.29) is 17.6 Å². The molecule has 166 valence electrons. The van der Waals surface area contributed by atoms with Gasteiger partial charge in [0.05, 0.1) is 24.9 Å². The van der Waals surface area contributed by atoms with Gasteiger partial charge < -0.3 is 14.8 Å². The highest BCUT2D eigenvalue weighted by Gasteiger charge is 2.47. The fraction of sp³-hybridized carbons (Fsp3) is 0.370. The van der Waals surface area contributed by atoms with Crippen LogP contribution in [0.15, 0.2) is 72.8 Å². The highest BCUT2D eigenvalue weighted by Crippen LogP contribution is 2.38. The van der Waals surface area contributed by atoms with Crippen molar-refractivity contribution in [3.8, 4) is 0 Å². The molecule has 1 amide bonds. The van der Waals surface area contributed by atoms with Gasteiger partial charge in [0.25, 0.3) is 0 Å². The lowest BCUT2D eigenvalue weighted by Gasteiger charge is -2.44. The van der Waals surface area contributed by atoms with Gasteiger partial charge in [-0.15, -0.1) is 0 Å². The summed E-state index contributed by atoms with van der Waals surface area (Å²) in [4.78, 5) is 15.1. The zero-order chi connectivity index (χ0) is 21.8. The molecule has 0 radical (unpaired) electrons. The van der Waals surface area contributed by atoms with Crippen LogP contribution >= 0.6 is 0 Å². The Morgan fingerprint density at radius 3 is 2.69 bits per heavy atom. The SMILES string of the molecule is O=C(CN1CC[C@@]2(CCCO2)[C@@H](OCc2ccccc2)C1)Nc1cccc2ccccc12. The van der Waals surface area contributed by atoms with Gasteiger partial charge in [0.1, 0.15) is 0 Å². The number of ether oxygens (including phenoxy) is 2. The van der Waals surface area contributed by atoms with Crippen LogP contribution in [0.25, 0.3) is 10.8 Å². The van der Waals surface area contributed by atoms with Crippen molar-refractivity contribution in [2.24, 2.45) is 0 Å². The molecule has 2 heterocycles. The van der Waals surface area contributed by atoms with Crippen LogP contribution in [0.5, 0.6) is 0 Å². The summed E-state index contributed by atoms with van der Waals surface area (Å²) >= 11 is 0. The van der Waals surface area contributed by atoms with E-state index in [0.29, 0.717) is 19.7 Å². The monoisotopic (exact) mass is 430 g/mol. The number of hydrogen-bond acceptors (Lipinski definition) is 4.